The molecule has 2 atom stereocenters. The number of carboxylic acid groups (broad SMARTS) is 1. The molecule has 0 aromatic heterocycles. The van der Waals surface area contributed by atoms with Crippen molar-refractivity contribution in [1.29, 1.82) is 0 Å². The van der Waals surface area contributed by atoms with Gasteiger partial charge in [0.05, 0.1) is 0 Å². The maximum Gasteiger partial charge on any atom is 0.320 e. The summed E-state index contributed by atoms with van der Waals surface area (Å²) in [6, 6.07) is 0.706. The zero-order chi connectivity index (χ0) is 13.8. The summed E-state index contributed by atoms with van der Waals surface area (Å²) in [7, 11) is 2.18. The van der Waals surface area contributed by atoms with Crippen LogP contribution in [0.25, 0.3) is 0 Å². The Morgan fingerprint density at radius 1 is 1.42 bits per heavy atom. The minimum atomic E-state index is -0.701. The highest BCUT2D eigenvalue weighted by Crippen LogP contribution is 2.20. The zero-order valence-corrected chi connectivity index (χ0v) is 12.1. The van der Waals surface area contributed by atoms with E-state index in [1.807, 2.05) is 0 Å². The van der Waals surface area contributed by atoms with E-state index in [9.17, 15) is 9.90 Å². The summed E-state index contributed by atoms with van der Waals surface area (Å²) in [6.45, 7) is 6.33. The molecular formula is C14H27N3O2. The van der Waals surface area contributed by atoms with Gasteiger partial charge in [0.2, 0.25) is 0 Å². The number of likely N-dealkylation sites (N-methyl/N-ethyl adjacent to an activating group) is 1. The fourth-order valence-electron chi connectivity index (χ4n) is 2.78. The number of piperazine rings is 1. The molecule has 1 aliphatic carbocycles. The van der Waals surface area contributed by atoms with Gasteiger partial charge in [0.25, 0.3) is 0 Å². The molecule has 5 heteroatoms. The molecular weight excluding hydrogens is 242 g/mol. The topological polar surface area (TPSA) is 55.8 Å². The molecule has 0 aromatic carbocycles. The summed E-state index contributed by atoms with van der Waals surface area (Å²) >= 11 is 0. The number of rotatable bonds is 7. The molecule has 0 amide bonds. The summed E-state index contributed by atoms with van der Waals surface area (Å²) in [5.74, 6) is -0.701. The Labute approximate surface area is 115 Å². The monoisotopic (exact) mass is 269 g/mol. The van der Waals surface area contributed by atoms with E-state index in [0.29, 0.717) is 18.5 Å². The second-order valence-corrected chi connectivity index (χ2v) is 5.96. The van der Waals surface area contributed by atoms with Crippen LogP contribution < -0.4 is 5.32 Å². The zero-order valence-electron chi connectivity index (χ0n) is 12.1. The molecule has 1 saturated heterocycles. The highest BCUT2D eigenvalue weighted by Gasteiger charge is 2.29. The Balaban J connectivity index is 1.75. The van der Waals surface area contributed by atoms with E-state index in [2.05, 4.69) is 29.1 Å². The van der Waals surface area contributed by atoms with Gasteiger partial charge in [-0.05, 0) is 32.7 Å². The highest BCUT2D eigenvalue weighted by molar-refractivity contribution is 5.73. The van der Waals surface area contributed by atoms with Crippen molar-refractivity contribution in [3.05, 3.63) is 0 Å². The average Bonchev–Trinajstić information content (AvgIpc) is 3.19. The van der Waals surface area contributed by atoms with E-state index in [-0.39, 0.29) is 6.04 Å². The van der Waals surface area contributed by atoms with E-state index in [1.54, 1.807) is 0 Å². The Hall–Kier alpha value is -0.650. The molecule has 2 fully saturated rings. The fourth-order valence-corrected chi connectivity index (χ4v) is 2.78. The van der Waals surface area contributed by atoms with Crippen LogP contribution in [0, 0.1) is 0 Å². The summed E-state index contributed by atoms with van der Waals surface area (Å²) in [4.78, 5) is 16.0. The minimum Gasteiger partial charge on any atom is -0.480 e. The summed E-state index contributed by atoms with van der Waals surface area (Å²) in [5.41, 5.74) is 0. The predicted octanol–water partition coefficient (Wildman–Crippen LogP) is 0.608. The van der Waals surface area contributed by atoms with Crippen LogP contribution in [0.4, 0.5) is 0 Å². The molecule has 1 saturated carbocycles. The first kappa shape index (κ1) is 14.8. The highest BCUT2D eigenvalue weighted by atomic mass is 16.4. The van der Waals surface area contributed by atoms with Crippen LogP contribution in [-0.4, -0.2) is 72.2 Å². The van der Waals surface area contributed by atoms with Crippen molar-refractivity contribution in [2.24, 2.45) is 0 Å². The normalized spacial score (nSPS) is 27.4. The van der Waals surface area contributed by atoms with Gasteiger partial charge in [-0.15, -0.1) is 0 Å². The second-order valence-electron chi connectivity index (χ2n) is 5.96. The van der Waals surface area contributed by atoms with Gasteiger partial charge in [-0.25, -0.2) is 0 Å². The van der Waals surface area contributed by atoms with Gasteiger partial charge in [-0.2, -0.15) is 0 Å². The number of carboxylic acids is 1. The van der Waals surface area contributed by atoms with Crippen molar-refractivity contribution in [3.63, 3.8) is 0 Å². The molecule has 110 valence electrons. The molecule has 2 aliphatic rings. The number of hydrogen-bond donors (Lipinski definition) is 2. The third-order valence-corrected chi connectivity index (χ3v) is 4.38. The molecule has 0 radical (unpaired) electrons. The van der Waals surface area contributed by atoms with Gasteiger partial charge >= 0.3 is 5.97 Å². The van der Waals surface area contributed by atoms with Crippen molar-refractivity contribution in [2.75, 3.05) is 33.2 Å². The maximum atomic E-state index is 11.2. The van der Waals surface area contributed by atoms with Gasteiger partial charge in [-0.3, -0.25) is 4.79 Å². The van der Waals surface area contributed by atoms with Gasteiger partial charge in [0, 0.05) is 38.3 Å². The molecule has 0 aromatic rings. The average molecular weight is 269 g/mol. The molecule has 1 aliphatic heterocycles. The molecule has 1 heterocycles. The smallest absolute Gasteiger partial charge is 0.320 e. The first-order valence-electron chi connectivity index (χ1n) is 7.51. The first-order chi connectivity index (χ1) is 9.10. The van der Waals surface area contributed by atoms with Crippen molar-refractivity contribution in [2.45, 2.75) is 50.7 Å². The van der Waals surface area contributed by atoms with Gasteiger partial charge in [-0.1, -0.05) is 6.92 Å². The number of aliphatic carboxylic acids is 1. The van der Waals surface area contributed by atoms with E-state index in [0.717, 1.165) is 45.4 Å². The third-order valence-electron chi connectivity index (χ3n) is 4.38. The largest absolute Gasteiger partial charge is 0.480 e. The molecule has 0 spiro atoms. The van der Waals surface area contributed by atoms with Crippen LogP contribution in [0.15, 0.2) is 0 Å². The lowest BCUT2D eigenvalue weighted by molar-refractivity contribution is -0.139. The number of nitrogens with one attached hydrogen (secondary N) is 1. The SMILES string of the molecule is CCC1CN(CCC(NC2CC2)C(=O)O)CCN1C. The van der Waals surface area contributed by atoms with Gasteiger partial charge in [0.1, 0.15) is 6.04 Å². The first-order valence-corrected chi connectivity index (χ1v) is 7.51. The lowest BCUT2D eigenvalue weighted by Crippen LogP contribution is -2.52. The van der Waals surface area contributed by atoms with Crippen molar-refractivity contribution >= 4 is 5.97 Å². The maximum absolute atomic E-state index is 11.2. The molecule has 2 rings (SSSR count). The number of nitrogens with zero attached hydrogens (tertiary/aromatic N) is 2. The molecule has 2 N–H and O–H groups in total. The third kappa shape index (κ3) is 4.44. The van der Waals surface area contributed by atoms with Crippen molar-refractivity contribution < 1.29 is 9.90 Å². The van der Waals surface area contributed by atoms with Crippen LogP contribution in [-0.2, 0) is 4.79 Å². The van der Waals surface area contributed by atoms with E-state index in [4.69, 9.17) is 0 Å². The Morgan fingerprint density at radius 2 is 2.16 bits per heavy atom. The lowest BCUT2D eigenvalue weighted by Gasteiger charge is -2.39. The van der Waals surface area contributed by atoms with E-state index >= 15 is 0 Å². The van der Waals surface area contributed by atoms with Crippen LogP contribution >= 0.6 is 0 Å². The molecule has 2 unspecified atom stereocenters. The summed E-state index contributed by atoms with van der Waals surface area (Å²) < 4.78 is 0. The van der Waals surface area contributed by atoms with Crippen molar-refractivity contribution in [3.8, 4) is 0 Å². The lowest BCUT2D eigenvalue weighted by atomic mass is 10.1. The second kappa shape index (κ2) is 6.68. The van der Waals surface area contributed by atoms with Gasteiger partial charge < -0.3 is 20.2 Å². The van der Waals surface area contributed by atoms with E-state index < -0.39 is 5.97 Å². The predicted molar refractivity (Wildman–Crippen MR) is 75.3 cm³/mol. The Kier molecular flexibility index (Phi) is 5.19. The van der Waals surface area contributed by atoms with Crippen LogP contribution in [0.2, 0.25) is 0 Å². The standard InChI is InChI=1S/C14H27N3O2/c1-3-12-10-17(9-8-16(12)2)7-6-13(14(18)19)15-11-4-5-11/h11-13,15H,3-10H2,1-2H3,(H,18,19). The molecule has 5 nitrogen and oxygen atoms in total. The number of carbonyl (C=O) groups is 1. The van der Waals surface area contributed by atoms with Crippen LogP contribution in [0.5, 0.6) is 0 Å². The molecule has 19 heavy (non-hydrogen) atoms. The fraction of sp³-hybridized carbons (Fsp3) is 0.929. The minimum absolute atomic E-state index is 0.368. The Morgan fingerprint density at radius 3 is 2.74 bits per heavy atom. The van der Waals surface area contributed by atoms with Crippen LogP contribution in [0.3, 0.4) is 0 Å². The summed E-state index contributed by atoms with van der Waals surface area (Å²) in [5, 5.41) is 12.5. The molecule has 0 bridgehead atoms. The van der Waals surface area contributed by atoms with Gasteiger partial charge in [0.15, 0.2) is 0 Å². The summed E-state index contributed by atoms with van der Waals surface area (Å²) in [6.07, 6.45) is 4.15. The number of hydrogen-bond acceptors (Lipinski definition) is 4. The Bertz CT molecular complexity index is 307. The quantitative estimate of drug-likeness (QED) is 0.709. The van der Waals surface area contributed by atoms with E-state index in [1.165, 1.54) is 0 Å². The van der Waals surface area contributed by atoms with Crippen molar-refractivity contribution in [1.82, 2.24) is 15.1 Å². The van der Waals surface area contributed by atoms with Crippen LogP contribution in [0.1, 0.15) is 32.6 Å².